The number of rotatable bonds is 3. The normalized spacial score (nSPS) is 15.6. The number of benzene rings is 2. The van der Waals surface area contributed by atoms with Gasteiger partial charge in [0.15, 0.2) is 5.65 Å². The summed E-state index contributed by atoms with van der Waals surface area (Å²) in [6.45, 7) is 6.60. The number of hydrogen-bond donors (Lipinski definition) is 3. The number of β-amino-alcohol motifs (C(OH)–C–C–N with tert-alkyl or cyclic N) is 1. The predicted molar refractivity (Wildman–Crippen MR) is 141 cm³/mol. The van der Waals surface area contributed by atoms with E-state index in [0.717, 1.165) is 41.0 Å². The lowest BCUT2D eigenvalue weighted by molar-refractivity contribution is 0.00391. The number of ether oxygens (including phenoxy) is 2. The maximum absolute atomic E-state index is 11.6. The zero-order valence-electron chi connectivity index (χ0n) is 21.2. The number of nitrogens with two attached hydrogens (primary N) is 1. The van der Waals surface area contributed by atoms with Gasteiger partial charge in [-0.3, -0.25) is 5.10 Å². The van der Waals surface area contributed by atoms with Crippen LogP contribution in [-0.2, 0) is 4.74 Å². The van der Waals surface area contributed by atoms with Crippen molar-refractivity contribution in [3.05, 3.63) is 60.9 Å². The van der Waals surface area contributed by atoms with Gasteiger partial charge in [0.1, 0.15) is 29.2 Å². The number of likely N-dealkylation sites (tertiary alicyclic amines) is 1. The molecule has 1 aliphatic rings. The molecule has 3 heterocycles. The van der Waals surface area contributed by atoms with Crippen LogP contribution >= 0.6 is 0 Å². The number of nitrogen functional groups attached to an aromatic ring is 1. The Morgan fingerprint density at radius 1 is 1.08 bits per heavy atom. The van der Waals surface area contributed by atoms with Gasteiger partial charge in [-0.15, -0.1) is 0 Å². The van der Waals surface area contributed by atoms with Crippen LogP contribution in [0.3, 0.4) is 0 Å². The molecule has 2 aromatic carbocycles. The first-order valence-electron chi connectivity index (χ1n) is 12.1. The maximum atomic E-state index is 11.6. The van der Waals surface area contributed by atoms with E-state index in [1.165, 1.54) is 6.33 Å². The highest BCUT2D eigenvalue weighted by atomic mass is 16.6. The lowest BCUT2D eigenvalue weighted by Gasteiger charge is -2.32. The summed E-state index contributed by atoms with van der Waals surface area (Å²) in [5, 5.41) is 17.2. The van der Waals surface area contributed by atoms with Gasteiger partial charge < -0.3 is 25.2 Å². The van der Waals surface area contributed by atoms with Gasteiger partial charge >= 0.3 is 6.09 Å². The summed E-state index contributed by atoms with van der Waals surface area (Å²) in [7, 11) is 0. The molecule has 10 heteroatoms. The molecule has 1 saturated heterocycles. The highest BCUT2D eigenvalue weighted by Gasteiger charge is 2.26. The van der Waals surface area contributed by atoms with Crippen molar-refractivity contribution in [1.29, 1.82) is 0 Å². The molecule has 1 fully saturated rings. The number of nitrogens with one attached hydrogen (secondary N) is 1. The summed E-state index contributed by atoms with van der Waals surface area (Å²) >= 11 is 0. The lowest BCUT2D eigenvalue weighted by atomic mass is 10.1. The number of H-pyrrole nitrogens is 1. The first kappa shape index (κ1) is 25.9. The number of aromatic nitrogens is 4. The molecule has 1 atom stereocenters. The van der Waals surface area contributed by atoms with Crippen LogP contribution in [0.25, 0.3) is 22.3 Å². The van der Waals surface area contributed by atoms with E-state index in [9.17, 15) is 9.90 Å². The molecule has 0 unspecified atom stereocenters. The number of anilines is 1. The first-order valence-corrected chi connectivity index (χ1v) is 12.1. The molecule has 0 spiro atoms. The molecule has 37 heavy (non-hydrogen) atoms. The molecular weight excluding hydrogens is 472 g/mol. The van der Waals surface area contributed by atoms with Gasteiger partial charge in [0, 0.05) is 18.7 Å². The van der Waals surface area contributed by atoms with Crippen LogP contribution in [0.5, 0.6) is 11.5 Å². The third kappa shape index (κ3) is 6.95. The minimum absolute atomic E-state index is 0.323. The molecule has 10 nitrogen and oxygen atoms in total. The van der Waals surface area contributed by atoms with Gasteiger partial charge in [0.25, 0.3) is 0 Å². The average molecular weight is 505 g/mol. The summed E-state index contributed by atoms with van der Waals surface area (Å²) in [6, 6.07) is 17.3. The summed E-state index contributed by atoms with van der Waals surface area (Å²) in [5.41, 5.74) is 7.76. The van der Waals surface area contributed by atoms with Crippen molar-refractivity contribution in [2.75, 3.05) is 18.8 Å². The van der Waals surface area contributed by atoms with Gasteiger partial charge in [-0.05, 0) is 70.0 Å². The number of hydrogen-bond acceptors (Lipinski definition) is 8. The van der Waals surface area contributed by atoms with E-state index in [1.807, 2.05) is 75.4 Å². The Bertz CT molecular complexity index is 1320. The Morgan fingerprint density at radius 3 is 2.46 bits per heavy atom. The summed E-state index contributed by atoms with van der Waals surface area (Å²) < 4.78 is 11.0. The van der Waals surface area contributed by atoms with Crippen LogP contribution < -0.4 is 10.5 Å². The highest BCUT2D eigenvalue weighted by molar-refractivity contribution is 5.97. The van der Waals surface area contributed by atoms with E-state index in [1.54, 1.807) is 4.90 Å². The second-order valence-corrected chi connectivity index (χ2v) is 9.72. The average Bonchev–Trinajstić information content (AvgIpc) is 3.30. The number of carbonyl (C=O) groups is 1. The molecule has 1 amide bonds. The van der Waals surface area contributed by atoms with Gasteiger partial charge in [-0.1, -0.05) is 18.2 Å². The first-order chi connectivity index (χ1) is 17.7. The van der Waals surface area contributed by atoms with Crippen molar-refractivity contribution < 1.29 is 19.4 Å². The summed E-state index contributed by atoms with van der Waals surface area (Å²) in [5.74, 6) is 1.96. The van der Waals surface area contributed by atoms with Crippen LogP contribution in [0.4, 0.5) is 10.6 Å². The third-order valence-corrected chi connectivity index (χ3v) is 5.55. The van der Waals surface area contributed by atoms with Crippen LogP contribution in [-0.4, -0.2) is 61.1 Å². The Hall–Kier alpha value is -4.18. The van der Waals surface area contributed by atoms with Crippen molar-refractivity contribution in [3.8, 4) is 22.8 Å². The largest absolute Gasteiger partial charge is 0.457 e. The van der Waals surface area contributed by atoms with Crippen LogP contribution in [0.15, 0.2) is 60.9 Å². The second kappa shape index (κ2) is 11.3. The Morgan fingerprint density at radius 2 is 1.78 bits per heavy atom. The monoisotopic (exact) mass is 504 g/mol. The molecule has 2 aromatic heterocycles. The number of aliphatic hydroxyl groups excluding tert-OH is 1. The topological polar surface area (TPSA) is 139 Å². The number of para-hydroxylation sites is 1. The fourth-order valence-corrected chi connectivity index (χ4v) is 3.85. The zero-order chi connectivity index (χ0) is 26.4. The molecule has 5 rings (SSSR count). The third-order valence-electron chi connectivity index (χ3n) is 5.55. The van der Waals surface area contributed by atoms with Crippen molar-refractivity contribution in [1.82, 2.24) is 25.1 Å². The minimum Gasteiger partial charge on any atom is -0.457 e. The van der Waals surface area contributed by atoms with Gasteiger partial charge in [-0.25, -0.2) is 14.8 Å². The van der Waals surface area contributed by atoms with Crippen molar-refractivity contribution in [3.63, 3.8) is 0 Å². The highest BCUT2D eigenvalue weighted by Crippen LogP contribution is 2.30. The van der Waals surface area contributed by atoms with Gasteiger partial charge in [0.05, 0.1) is 17.2 Å². The molecule has 4 N–H and O–H groups in total. The standard InChI is InChI=1S/C17H13N5O.C10H19NO3/c18-16-14-15(21-22-17(14)20-10-19-16)11-6-8-13(9-7-11)23-12-4-2-1-3-5-12;1-10(2,3)14-9(13)11-6-4-5-8(12)7-11/h1-10H,(H3,18,19,20,21,22);8,12H,4-7H2,1-3H3/t;8-/m.0/s1. The minimum atomic E-state index is -0.459. The molecular formula is C27H32N6O4. The van der Waals surface area contributed by atoms with E-state index in [2.05, 4.69) is 20.2 Å². The second-order valence-electron chi connectivity index (χ2n) is 9.72. The van der Waals surface area contributed by atoms with Crippen molar-refractivity contribution in [2.45, 2.75) is 45.3 Å². The summed E-state index contributed by atoms with van der Waals surface area (Å²) in [6.07, 6.45) is 2.31. The Balaban J connectivity index is 0.000000197. The number of fused-ring (bicyclic) bond motifs is 1. The predicted octanol–water partition coefficient (Wildman–Crippen LogP) is 4.77. The Labute approximate surface area is 215 Å². The summed E-state index contributed by atoms with van der Waals surface area (Å²) in [4.78, 5) is 21.2. The fraction of sp³-hybridized carbons (Fsp3) is 0.333. The van der Waals surface area contributed by atoms with Crippen LogP contribution in [0.1, 0.15) is 33.6 Å². The molecule has 194 valence electrons. The van der Waals surface area contributed by atoms with Crippen molar-refractivity contribution in [2.24, 2.45) is 0 Å². The number of aliphatic hydroxyl groups is 1. The molecule has 4 aromatic rings. The number of amides is 1. The van der Waals surface area contributed by atoms with Crippen molar-refractivity contribution >= 4 is 22.9 Å². The van der Waals surface area contributed by atoms with E-state index < -0.39 is 11.7 Å². The quantitative estimate of drug-likeness (QED) is 0.362. The molecule has 0 aliphatic carbocycles. The molecule has 1 aliphatic heterocycles. The number of aromatic amines is 1. The number of nitrogens with zero attached hydrogens (tertiary/aromatic N) is 4. The fourth-order valence-electron chi connectivity index (χ4n) is 3.85. The van der Waals surface area contributed by atoms with E-state index >= 15 is 0 Å². The van der Waals surface area contributed by atoms with E-state index in [-0.39, 0.29) is 6.09 Å². The number of piperidine rings is 1. The van der Waals surface area contributed by atoms with Crippen LogP contribution in [0, 0.1) is 0 Å². The van der Waals surface area contributed by atoms with E-state index in [0.29, 0.717) is 24.6 Å². The zero-order valence-corrected chi connectivity index (χ0v) is 21.2. The number of carbonyl (C=O) groups excluding carboxylic acids is 1. The van der Waals surface area contributed by atoms with Gasteiger partial charge in [0.2, 0.25) is 0 Å². The van der Waals surface area contributed by atoms with Gasteiger partial charge in [-0.2, -0.15) is 5.10 Å². The van der Waals surface area contributed by atoms with E-state index in [4.69, 9.17) is 15.2 Å². The molecule has 0 bridgehead atoms. The Kier molecular flexibility index (Phi) is 7.88. The SMILES string of the molecule is CC(C)(C)OC(=O)N1CCC[C@H](O)C1.Nc1ncnc2n[nH]c(-c3ccc(Oc4ccccc4)cc3)c12. The molecule has 0 radical (unpaired) electrons. The molecule has 0 saturated carbocycles. The maximum Gasteiger partial charge on any atom is 0.410 e. The lowest BCUT2D eigenvalue weighted by Crippen LogP contribution is -2.44. The smallest absolute Gasteiger partial charge is 0.410 e. The van der Waals surface area contributed by atoms with Crippen LogP contribution in [0.2, 0.25) is 0 Å².